The molecule has 4 heteroatoms. The molecule has 0 aromatic carbocycles. The molecule has 58 valence electrons. The Morgan fingerprint density at radius 1 is 1.45 bits per heavy atom. The van der Waals surface area contributed by atoms with Crippen LogP contribution in [0.4, 0.5) is 0 Å². The van der Waals surface area contributed by atoms with Crippen molar-refractivity contribution in [3.8, 4) is 0 Å². The third-order valence-electron chi connectivity index (χ3n) is 1.83. The van der Waals surface area contributed by atoms with Crippen molar-refractivity contribution in [2.75, 3.05) is 6.54 Å². The largest absolute Gasteiger partial charge is 0.311 e. The monoisotopic (exact) mass is 169 g/mol. The third-order valence-corrected chi connectivity index (χ3v) is 2.15. The fourth-order valence-corrected chi connectivity index (χ4v) is 1.49. The summed E-state index contributed by atoms with van der Waals surface area (Å²) in [7, 11) is 0. The highest BCUT2D eigenvalue weighted by Crippen LogP contribution is 2.17. The summed E-state index contributed by atoms with van der Waals surface area (Å²) in [4.78, 5) is 8.04. The van der Waals surface area contributed by atoms with Gasteiger partial charge in [0.2, 0.25) is 0 Å². The number of rotatable bonds is 0. The zero-order valence-electron chi connectivity index (χ0n) is 5.97. The van der Waals surface area contributed by atoms with Gasteiger partial charge < -0.3 is 5.32 Å². The van der Waals surface area contributed by atoms with E-state index in [0.29, 0.717) is 5.15 Å². The van der Waals surface area contributed by atoms with Gasteiger partial charge in [0.25, 0.3) is 0 Å². The van der Waals surface area contributed by atoms with Crippen molar-refractivity contribution in [1.82, 2.24) is 15.3 Å². The summed E-state index contributed by atoms with van der Waals surface area (Å²) in [5.74, 6) is 0. The van der Waals surface area contributed by atoms with Crippen molar-refractivity contribution in [3.63, 3.8) is 0 Å². The highest BCUT2D eigenvalue weighted by molar-refractivity contribution is 6.30. The lowest BCUT2D eigenvalue weighted by molar-refractivity contribution is 0.623. The molecule has 0 unspecified atom stereocenters. The first-order chi connectivity index (χ1) is 5.38. The van der Waals surface area contributed by atoms with Crippen LogP contribution in [0.1, 0.15) is 11.3 Å². The standard InChI is InChI=1S/C7H8ClN3/c8-7-5-1-2-9-3-6(5)10-4-11-7/h4,9H,1-3H2. The van der Waals surface area contributed by atoms with E-state index in [4.69, 9.17) is 11.6 Å². The van der Waals surface area contributed by atoms with Gasteiger partial charge in [-0.05, 0) is 13.0 Å². The number of nitrogens with one attached hydrogen (secondary N) is 1. The van der Waals surface area contributed by atoms with Crippen LogP contribution in [0.15, 0.2) is 6.33 Å². The average Bonchev–Trinajstić information content (AvgIpc) is 2.06. The Bertz CT molecular complexity index is 274. The quantitative estimate of drug-likeness (QED) is 0.584. The Morgan fingerprint density at radius 3 is 3.18 bits per heavy atom. The van der Waals surface area contributed by atoms with Crippen molar-refractivity contribution in [2.24, 2.45) is 0 Å². The molecule has 0 bridgehead atoms. The van der Waals surface area contributed by atoms with Gasteiger partial charge in [-0.15, -0.1) is 0 Å². The third kappa shape index (κ3) is 1.21. The number of nitrogens with zero attached hydrogens (tertiary/aromatic N) is 2. The molecule has 1 aliphatic rings. The molecule has 0 saturated heterocycles. The van der Waals surface area contributed by atoms with Gasteiger partial charge in [-0.1, -0.05) is 11.6 Å². The maximum Gasteiger partial charge on any atom is 0.135 e. The predicted octanol–water partition coefficient (Wildman–Crippen LogP) is 0.776. The van der Waals surface area contributed by atoms with E-state index in [1.54, 1.807) is 0 Å². The first-order valence-electron chi connectivity index (χ1n) is 3.57. The van der Waals surface area contributed by atoms with Crippen LogP contribution in [0.3, 0.4) is 0 Å². The second-order valence-corrected chi connectivity index (χ2v) is 2.87. The molecule has 0 fully saturated rings. The van der Waals surface area contributed by atoms with Crippen LogP contribution < -0.4 is 5.32 Å². The number of hydrogen-bond donors (Lipinski definition) is 1. The Kier molecular flexibility index (Phi) is 1.75. The maximum atomic E-state index is 5.86. The normalized spacial score (nSPS) is 16.1. The molecule has 0 atom stereocenters. The van der Waals surface area contributed by atoms with Gasteiger partial charge in [-0.3, -0.25) is 0 Å². The molecule has 2 rings (SSSR count). The Hall–Kier alpha value is -0.670. The van der Waals surface area contributed by atoms with E-state index in [1.807, 2.05) is 0 Å². The molecular weight excluding hydrogens is 162 g/mol. The molecule has 1 aromatic rings. The predicted molar refractivity (Wildman–Crippen MR) is 42.5 cm³/mol. The Balaban J connectivity index is 2.49. The fraction of sp³-hybridized carbons (Fsp3) is 0.429. The highest BCUT2D eigenvalue weighted by atomic mass is 35.5. The van der Waals surface area contributed by atoms with Crippen LogP contribution in [0.2, 0.25) is 5.15 Å². The lowest BCUT2D eigenvalue weighted by Gasteiger charge is -2.15. The van der Waals surface area contributed by atoms with Crippen LogP contribution in [0, 0.1) is 0 Å². The van der Waals surface area contributed by atoms with Crippen molar-refractivity contribution in [2.45, 2.75) is 13.0 Å². The molecule has 0 amide bonds. The average molecular weight is 170 g/mol. The van der Waals surface area contributed by atoms with Crippen molar-refractivity contribution in [3.05, 3.63) is 22.7 Å². The molecule has 0 spiro atoms. The second-order valence-electron chi connectivity index (χ2n) is 2.52. The minimum Gasteiger partial charge on any atom is -0.311 e. The number of aromatic nitrogens is 2. The van der Waals surface area contributed by atoms with Gasteiger partial charge in [-0.2, -0.15) is 0 Å². The smallest absolute Gasteiger partial charge is 0.135 e. The van der Waals surface area contributed by atoms with E-state index in [2.05, 4.69) is 15.3 Å². The molecule has 3 nitrogen and oxygen atoms in total. The van der Waals surface area contributed by atoms with Crippen LogP contribution in [-0.2, 0) is 13.0 Å². The summed E-state index contributed by atoms with van der Waals surface area (Å²) in [6.45, 7) is 1.79. The van der Waals surface area contributed by atoms with Gasteiger partial charge in [0, 0.05) is 12.1 Å². The van der Waals surface area contributed by atoms with Crippen LogP contribution in [0.25, 0.3) is 0 Å². The fourth-order valence-electron chi connectivity index (χ4n) is 1.24. The van der Waals surface area contributed by atoms with Crippen molar-refractivity contribution < 1.29 is 0 Å². The highest BCUT2D eigenvalue weighted by Gasteiger charge is 2.12. The number of fused-ring (bicyclic) bond motifs is 1. The molecule has 1 N–H and O–H groups in total. The second kappa shape index (κ2) is 2.75. The first kappa shape index (κ1) is 7.00. The van der Waals surface area contributed by atoms with E-state index < -0.39 is 0 Å². The minimum absolute atomic E-state index is 0.608. The van der Waals surface area contributed by atoms with E-state index in [9.17, 15) is 0 Å². The lowest BCUT2D eigenvalue weighted by Crippen LogP contribution is -2.25. The molecule has 1 aliphatic heterocycles. The molecule has 0 radical (unpaired) electrons. The first-order valence-corrected chi connectivity index (χ1v) is 3.94. The summed E-state index contributed by atoms with van der Waals surface area (Å²) in [6, 6.07) is 0. The zero-order valence-corrected chi connectivity index (χ0v) is 6.73. The topological polar surface area (TPSA) is 37.8 Å². The number of hydrogen-bond acceptors (Lipinski definition) is 3. The van der Waals surface area contributed by atoms with Gasteiger partial charge in [-0.25, -0.2) is 9.97 Å². The molecule has 0 aliphatic carbocycles. The molecule has 11 heavy (non-hydrogen) atoms. The van der Waals surface area contributed by atoms with Crippen molar-refractivity contribution in [1.29, 1.82) is 0 Å². The summed E-state index contributed by atoms with van der Waals surface area (Å²) < 4.78 is 0. The summed E-state index contributed by atoms with van der Waals surface area (Å²) >= 11 is 5.86. The van der Waals surface area contributed by atoms with E-state index in [1.165, 1.54) is 6.33 Å². The van der Waals surface area contributed by atoms with Gasteiger partial charge >= 0.3 is 0 Å². The molecule has 0 saturated carbocycles. The minimum atomic E-state index is 0.608. The van der Waals surface area contributed by atoms with Crippen LogP contribution in [-0.4, -0.2) is 16.5 Å². The lowest BCUT2D eigenvalue weighted by atomic mass is 10.1. The summed E-state index contributed by atoms with van der Waals surface area (Å²) in [5, 5.41) is 3.83. The van der Waals surface area contributed by atoms with Gasteiger partial charge in [0.05, 0.1) is 5.69 Å². The SMILES string of the molecule is Clc1ncnc2c1CCNC2. The molecule has 2 heterocycles. The van der Waals surface area contributed by atoms with Gasteiger partial charge in [0.1, 0.15) is 11.5 Å². The van der Waals surface area contributed by atoms with Gasteiger partial charge in [0.15, 0.2) is 0 Å². The molecular formula is C7H8ClN3. The summed E-state index contributed by atoms with van der Waals surface area (Å²) in [6.07, 6.45) is 2.45. The Morgan fingerprint density at radius 2 is 2.36 bits per heavy atom. The van der Waals surface area contributed by atoms with E-state index in [0.717, 1.165) is 30.8 Å². The molecule has 1 aromatic heterocycles. The van der Waals surface area contributed by atoms with Crippen LogP contribution >= 0.6 is 11.6 Å². The number of halogens is 1. The van der Waals surface area contributed by atoms with Crippen LogP contribution in [0.5, 0.6) is 0 Å². The van der Waals surface area contributed by atoms with E-state index >= 15 is 0 Å². The maximum absolute atomic E-state index is 5.86. The van der Waals surface area contributed by atoms with E-state index in [-0.39, 0.29) is 0 Å². The van der Waals surface area contributed by atoms with Crippen molar-refractivity contribution >= 4 is 11.6 Å². The Labute approximate surface area is 69.8 Å². The zero-order chi connectivity index (χ0) is 7.68. The summed E-state index contributed by atoms with van der Waals surface area (Å²) in [5.41, 5.74) is 2.14.